The fourth-order valence-corrected chi connectivity index (χ4v) is 15.4. The summed E-state index contributed by atoms with van der Waals surface area (Å²) in [6, 6.07) is 120. The molecule has 0 fully saturated rings. The monoisotopic (exact) mass is 1180 g/mol. The molecule has 13 aromatic rings. The molecule has 4 aliphatic heterocycles. The second kappa shape index (κ2) is 22.1. The van der Waals surface area contributed by atoms with Crippen molar-refractivity contribution in [3.8, 4) is 11.5 Å². The summed E-state index contributed by atoms with van der Waals surface area (Å²) < 4.78 is 7.33. The zero-order valence-corrected chi connectivity index (χ0v) is 50.4. The summed E-state index contributed by atoms with van der Waals surface area (Å²) >= 11 is 0. The Balaban J connectivity index is 0.994. The first-order valence-corrected chi connectivity index (χ1v) is 31.9. The Morgan fingerprint density at radius 2 is 0.739 bits per heavy atom. The molecule has 0 bridgehead atoms. The molecule has 92 heavy (non-hydrogen) atoms. The quantitative estimate of drug-likeness (QED) is 0.120. The van der Waals surface area contributed by atoms with Gasteiger partial charge in [-0.15, -0.1) is 0 Å². The van der Waals surface area contributed by atoms with E-state index in [0.717, 1.165) is 114 Å². The molecule has 0 aromatic heterocycles. The van der Waals surface area contributed by atoms with Gasteiger partial charge in [-0.05, 0) is 160 Å². The topological polar surface area (TPSA) is 25.4 Å². The average molecular weight is 1180 g/mol. The van der Waals surface area contributed by atoms with E-state index in [1.165, 1.54) is 38.7 Å². The maximum atomic E-state index is 7.33. The summed E-state index contributed by atoms with van der Waals surface area (Å²) in [5.41, 5.74) is 27.2. The Labute approximate surface area is 537 Å². The van der Waals surface area contributed by atoms with Crippen LogP contribution < -0.4 is 62.0 Å². The van der Waals surface area contributed by atoms with E-state index < -0.39 is 0 Å². The van der Waals surface area contributed by atoms with Crippen molar-refractivity contribution in [2.45, 2.75) is 12.3 Å². The minimum Gasteiger partial charge on any atom is -0.458 e. The van der Waals surface area contributed by atoms with Gasteiger partial charge >= 0.3 is 0 Å². The summed E-state index contributed by atoms with van der Waals surface area (Å²) in [7, 11) is 0. The molecular weight excluding hydrogens is 1120 g/mol. The van der Waals surface area contributed by atoms with Crippen LogP contribution in [0.15, 0.2) is 345 Å². The van der Waals surface area contributed by atoms with Crippen molar-refractivity contribution in [3.05, 3.63) is 357 Å². The SMILES string of the molecule is C1=CC(c2ccccc2)=C(N2c3cc4c(cc3B3c5ccccc5N(c5ccccc5)c5cc(N(c6ccccc6)c6ccccc6)cc2c53)B2c3ccccc3Oc3cc(N(c5ccccc5)c5ccccc5)cc(c32)N4c2ccccc2)C(c2ccccc2)C1. The highest BCUT2D eigenvalue weighted by atomic mass is 16.5. The number of rotatable bonds is 11. The highest BCUT2D eigenvalue weighted by molar-refractivity contribution is 7.02. The first-order chi connectivity index (χ1) is 45.7. The Kier molecular flexibility index (Phi) is 12.8. The maximum Gasteiger partial charge on any atom is 0.256 e. The lowest BCUT2D eigenvalue weighted by Gasteiger charge is -2.48. The molecule has 1 unspecified atom stereocenters. The fourth-order valence-electron chi connectivity index (χ4n) is 15.4. The molecule has 0 saturated heterocycles. The molecule has 4 heterocycles. The number of ether oxygens (including phenoxy) is 1. The van der Waals surface area contributed by atoms with Crippen LogP contribution in [-0.4, -0.2) is 13.4 Å². The first kappa shape index (κ1) is 53.3. The molecule has 0 spiro atoms. The van der Waals surface area contributed by atoms with E-state index in [-0.39, 0.29) is 19.3 Å². The van der Waals surface area contributed by atoms with E-state index in [4.69, 9.17) is 4.74 Å². The average Bonchev–Trinajstić information content (AvgIpc) is 0.687. The Morgan fingerprint density at radius 3 is 1.30 bits per heavy atom. The van der Waals surface area contributed by atoms with E-state index in [1.54, 1.807) is 0 Å². The lowest BCUT2D eigenvalue weighted by Crippen LogP contribution is -2.65. The van der Waals surface area contributed by atoms with Crippen LogP contribution in [0.4, 0.5) is 79.6 Å². The number of hydrogen-bond acceptors (Lipinski definition) is 6. The number of allylic oxidation sites excluding steroid dienone is 4. The van der Waals surface area contributed by atoms with E-state index in [2.05, 4.69) is 364 Å². The second-order valence-corrected chi connectivity index (χ2v) is 24.3. The van der Waals surface area contributed by atoms with Crippen LogP contribution in [0.2, 0.25) is 0 Å². The Morgan fingerprint density at radius 1 is 0.315 bits per heavy atom. The van der Waals surface area contributed by atoms with Gasteiger partial charge in [-0.1, -0.05) is 224 Å². The van der Waals surface area contributed by atoms with Gasteiger partial charge in [0.15, 0.2) is 0 Å². The zero-order chi connectivity index (χ0) is 60.6. The number of fused-ring (bicyclic) bond motifs is 8. The molecule has 18 rings (SSSR count). The van der Waals surface area contributed by atoms with Crippen LogP contribution in [0.5, 0.6) is 11.5 Å². The van der Waals surface area contributed by atoms with Crippen molar-refractivity contribution in [3.63, 3.8) is 0 Å². The molecule has 1 aliphatic carbocycles. The van der Waals surface area contributed by atoms with Gasteiger partial charge < -0.3 is 29.2 Å². The first-order valence-electron chi connectivity index (χ1n) is 31.9. The van der Waals surface area contributed by atoms with E-state index in [9.17, 15) is 0 Å². The summed E-state index contributed by atoms with van der Waals surface area (Å²) in [5.74, 6) is 1.65. The van der Waals surface area contributed by atoms with Crippen LogP contribution >= 0.6 is 0 Å². The third-order valence-corrected chi connectivity index (χ3v) is 19.1. The highest BCUT2D eigenvalue weighted by Gasteiger charge is 2.49. The van der Waals surface area contributed by atoms with E-state index >= 15 is 0 Å². The minimum absolute atomic E-state index is 0.0445. The van der Waals surface area contributed by atoms with Gasteiger partial charge in [0.05, 0.1) is 11.4 Å². The van der Waals surface area contributed by atoms with Gasteiger partial charge in [0.25, 0.3) is 13.4 Å². The van der Waals surface area contributed by atoms with Gasteiger partial charge in [0.2, 0.25) is 0 Å². The van der Waals surface area contributed by atoms with E-state index in [1.807, 2.05) is 0 Å². The molecular formula is C84H59B2N5O. The molecule has 0 saturated carbocycles. The third kappa shape index (κ3) is 8.66. The van der Waals surface area contributed by atoms with Gasteiger partial charge in [0.1, 0.15) is 11.5 Å². The Bertz CT molecular complexity index is 4940. The van der Waals surface area contributed by atoms with Gasteiger partial charge in [-0.2, -0.15) is 0 Å². The predicted molar refractivity (Wildman–Crippen MR) is 386 cm³/mol. The number of hydrogen-bond donors (Lipinski definition) is 0. The smallest absolute Gasteiger partial charge is 0.256 e. The lowest BCUT2D eigenvalue weighted by molar-refractivity contribution is 0.487. The van der Waals surface area contributed by atoms with Crippen LogP contribution in [0.25, 0.3) is 5.57 Å². The summed E-state index contributed by atoms with van der Waals surface area (Å²) in [4.78, 5) is 12.6. The van der Waals surface area contributed by atoms with Crippen molar-refractivity contribution in [2.24, 2.45) is 0 Å². The summed E-state index contributed by atoms with van der Waals surface area (Å²) in [6.45, 7) is -0.399. The van der Waals surface area contributed by atoms with Gasteiger partial charge in [-0.3, -0.25) is 0 Å². The molecule has 0 N–H and O–H groups in total. The second-order valence-electron chi connectivity index (χ2n) is 24.3. The molecule has 432 valence electrons. The van der Waals surface area contributed by atoms with Crippen LogP contribution in [0, 0.1) is 0 Å². The minimum atomic E-state index is -0.201. The molecule has 6 nitrogen and oxygen atoms in total. The molecule has 0 amide bonds. The van der Waals surface area contributed by atoms with Crippen LogP contribution in [0.3, 0.4) is 0 Å². The normalized spacial score (nSPS) is 14.5. The third-order valence-electron chi connectivity index (χ3n) is 19.1. The summed E-state index contributed by atoms with van der Waals surface area (Å²) in [5, 5.41) is 0. The van der Waals surface area contributed by atoms with Gasteiger partial charge in [-0.25, -0.2) is 0 Å². The largest absolute Gasteiger partial charge is 0.458 e. The van der Waals surface area contributed by atoms with Crippen molar-refractivity contribution in [1.29, 1.82) is 0 Å². The maximum absolute atomic E-state index is 7.33. The van der Waals surface area contributed by atoms with Crippen molar-refractivity contribution in [1.82, 2.24) is 0 Å². The van der Waals surface area contributed by atoms with Crippen LogP contribution in [-0.2, 0) is 0 Å². The van der Waals surface area contributed by atoms with Crippen LogP contribution in [0.1, 0.15) is 23.5 Å². The number of para-hydroxylation sites is 8. The standard InChI is InChI=1S/C84H59B2N5O/c1-9-30-58(31-10-1)68-46-29-47-69(59-32-11-2-12-33-59)84(68)91-76-57-75-72(86-71-49-26-28-51-80(71)92-81-55-67(54-79(83(81)86)90(75)65-44-23-8-24-45-65)88(62-38-17-5-18-39-62)63-40-19-6-20-41-63)56-73(76)85-70-48-25-27-50-74(70)89(64-42-21-7-22-43-64)77-52-66(53-78(91)82(77)85)87(60-34-13-3-14-35-60)61-36-15-4-16-37-61/h1-46,48-57,69H,47H2. The van der Waals surface area contributed by atoms with Gasteiger partial charge in [0, 0.05) is 91.5 Å². The zero-order valence-electron chi connectivity index (χ0n) is 50.4. The van der Waals surface area contributed by atoms with E-state index in [0.29, 0.717) is 0 Å². The van der Waals surface area contributed by atoms with Crippen molar-refractivity contribution < 1.29 is 4.74 Å². The van der Waals surface area contributed by atoms with Crippen molar-refractivity contribution in [2.75, 3.05) is 24.5 Å². The fraction of sp³-hybridized carbons (Fsp3) is 0.0238. The lowest BCUT2D eigenvalue weighted by atomic mass is 9.30. The van der Waals surface area contributed by atoms with Crippen molar-refractivity contribution >= 4 is 131 Å². The molecule has 0 radical (unpaired) electrons. The Hall–Kier alpha value is -11.7. The molecule has 1 atom stereocenters. The number of nitrogens with zero attached hydrogens (tertiary/aromatic N) is 5. The number of anilines is 14. The molecule has 5 aliphatic rings. The molecule has 8 heteroatoms. The number of benzene rings is 13. The summed E-state index contributed by atoms with van der Waals surface area (Å²) in [6.07, 6.45) is 5.61. The predicted octanol–water partition coefficient (Wildman–Crippen LogP) is 17.9. The molecule has 13 aromatic carbocycles. The highest BCUT2D eigenvalue weighted by Crippen LogP contribution is 2.53.